The van der Waals surface area contributed by atoms with Gasteiger partial charge in [-0.2, -0.15) is 0 Å². The van der Waals surface area contributed by atoms with E-state index < -0.39 is 12.0 Å². The van der Waals surface area contributed by atoms with E-state index in [1.165, 1.54) is 17.7 Å². The van der Waals surface area contributed by atoms with E-state index in [-0.39, 0.29) is 36.5 Å². The number of halogens is 5. The van der Waals surface area contributed by atoms with Gasteiger partial charge in [-0.1, -0.05) is 61.7 Å². The summed E-state index contributed by atoms with van der Waals surface area (Å²) in [5.74, 6) is -0.487. The maximum Gasteiger partial charge on any atom is 0.573 e. The average Bonchev–Trinajstić information content (AvgIpc) is 2.82. The Labute approximate surface area is 224 Å². The number of hydrogen-bond acceptors (Lipinski definition) is 4. The van der Waals surface area contributed by atoms with Crippen LogP contribution in [0.2, 0.25) is 0 Å². The second kappa shape index (κ2) is 13.3. The molecule has 0 aromatic heterocycles. The zero-order valence-electron chi connectivity index (χ0n) is 20.6. The van der Waals surface area contributed by atoms with Gasteiger partial charge in [0.2, 0.25) is 0 Å². The van der Waals surface area contributed by atoms with Crippen molar-refractivity contribution in [2.45, 2.75) is 63.0 Å². The number of alkyl halides is 3. The summed E-state index contributed by atoms with van der Waals surface area (Å²) in [5.41, 5.74) is 1.10. The van der Waals surface area contributed by atoms with Gasteiger partial charge in [-0.25, -0.2) is 0 Å². The lowest BCUT2D eigenvalue weighted by atomic mass is 9.72. The molecule has 2 aliphatic rings. The first-order valence-electron chi connectivity index (χ1n) is 12.3. The molecule has 0 amide bonds. The van der Waals surface area contributed by atoms with Gasteiger partial charge in [0, 0.05) is 44.7 Å². The lowest BCUT2D eigenvalue weighted by molar-refractivity contribution is -0.274. The fraction of sp³-hybridized carbons (Fsp3) is 0.556. The van der Waals surface area contributed by atoms with Gasteiger partial charge in [-0.05, 0) is 43.0 Å². The fourth-order valence-electron chi connectivity index (χ4n) is 5.56. The van der Waals surface area contributed by atoms with E-state index in [1.807, 2.05) is 12.1 Å². The normalized spacial score (nSPS) is 20.5. The monoisotopic (exact) mass is 548 g/mol. The quantitative estimate of drug-likeness (QED) is 0.423. The minimum absolute atomic E-state index is 0. The van der Waals surface area contributed by atoms with Gasteiger partial charge < -0.3 is 14.7 Å². The Kier molecular flexibility index (Phi) is 11.4. The number of hydrogen-bond donors (Lipinski definition) is 1. The molecule has 2 aromatic carbocycles. The number of ether oxygens (including phenoxy) is 1. The van der Waals surface area contributed by atoms with Gasteiger partial charge >= 0.3 is 6.36 Å². The van der Waals surface area contributed by atoms with Crippen LogP contribution < -0.4 is 4.74 Å². The van der Waals surface area contributed by atoms with Crippen molar-refractivity contribution in [3.05, 3.63) is 65.7 Å². The predicted molar refractivity (Wildman–Crippen MR) is 141 cm³/mol. The van der Waals surface area contributed by atoms with Crippen molar-refractivity contribution in [3.63, 3.8) is 0 Å². The van der Waals surface area contributed by atoms with Crippen LogP contribution in [0, 0.1) is 0 Å². The lowest BCUT2D eigenvalue weighted by Gasteiger charge is -2.44. The van der Waals surface area contributed by atoms with Gasteiger partial charge in [-0.3, -0.25) is 4.90 Å². The molecule has 2 aromatic rings. The third-order valence-electron chi connectivity index (χ3n) is 7.54. The summed E-state index contributed by atoms with van der Waals surface area (Å²) < 4.78 is 42.6. The van der Waals surface area contributed by atoms with Crippen LogP contribution in [0.4, 0.5) is 13.2 Å². The molecule has 202 valence electrons. The molecule has 1 N–H and O–H groups in total. The van der Waals surface area contributed by atoms with E-state index >= 15 is 0 Å². The van der Waals surface area contributed by atoms with E-state index in [2.05, 4.69) is 45.7 Å². The smallest absolute Gasteiger partial charge is 0.406 e. The summed E-state index contributed by atoms with van der Waals surface area (Å²) in [5, 5.41) is 11.6. The molecular formula is C27H37Cl2F3N2O2. The topological polar surface area (TPSA) is 35.9 Å². The van der Waals surface area contributed by atoms with Crippen molar-refractivity contribution < 1.29 is 23.0 Å². The maximum absolute atomic E-state index is 12.8. The zero-order chi connectivity index (χ0) is 24.2. The van der Waals surface area contributed by atoms with Crippen LogP contribution in [-0.2, 0) is 0 Å². The first-order valence-corrected chi connectivity index (χ1v) is 12.3. The van der Waals surface area contributed by atoms with Gasteiger partial charge in [0.05, 0.1) is 5.60 Å². The number of aliphatic hydroxyl groups is 1. The summed E-state index contributed by atoms with van der Waals surface area (Å²) in [6.45, 7) is 6.41. The molecule has 1 saturated heterocycles. The molecule has 2 atom stereocenters. The van der Waals surface area contributed by atoms with Gasteiger partial charge in [0.25, 0.3) is 0 Å². The maximum atomic E-state index is 12.8. The average molecular weight is 550 g/mol. The molecule has 2 fully saturated rings. The lowest BCUT2D eigenvalue weighted by Crippen LogP contribution is -2.51. The summed E-state index contributed by atoms with van der Waals surface area (Å²) in [7, 11) is 0. The summed E-state index contributed by atoms with van der Waals surface area (Å²) in [4.78, 5) is 4.82. The predicted octanol–water partition coefficient (Wildman–Crippen LogP) is 6.59. The molecule has 0 spiro atoms. The van der Waals surface area contributed by atoms with Crippen LogP contribution in [0.1, 0.15) is 62.1 Å². The number of rotatable bonds is 7. The van der Waals surface area contributed by atoms with Crippen molar-refractivity contribution in [2.24, 2.45) is 0 Å². The first-order chi connectivity index (χ1) is 16.2. The van der Waals surface area contributed by atoms with Crippen molar-refractivity contribution in [1.82, 2.24) is 9.80 Å². The highest BCUT2D eigenvalue weighted by Gasteiger charge is 2.40. The minimum Gasteiger partial charge on any atom is -0.406 e. The molecule has 1 aliphatic heterocycles. The Balaban J connectivity index is 0.00000228. The number of nitrogens with zero attached hydrogens (tertiary/aromatic N) is 2. The molecule has 1 aliphatic carbocycles. The third kappa shape index (κ3) is 7.99. The standard InChI is InChI=1S/C27H35F3N2O2.2ClH/c1-21(22-9-4-2-5-10-22)32-17-15-31(16-18-32)20-25(26(33)13-6-3-7-14-26)23-11-8-12-24(19-23)34-27(28,29)30;;/h2,4-5,8-12,19,21,25,33H,3,6-7,13-18,20H2,1H3;2*1H/t21-,25+;;/m0../s1. The van der Waals surface area contributed by atoms with Crippen LogP contribution in [0.25, 0.3) is 0 Å². The molecule has 4 nitrogen and oxygen atoms in total. The highest BCUT2D eigenvalue weighted by atomic mass is 35.5. The Hall–Kier alpha value is -1.51. The number of piperazine rings is 1. The highest BCUT2D eigenvalue weighted by molar-refractivity contribution is 5.85. The Morgan fingerprint density at radius 2 is 1.50 bits per heavy atom. The van der Waals surface area contributed by atoms with Crippen molar-refractivity contribution in [2.75, 3.05) is 32.7 Å². The molecule has 1 heterocycles. The van der Waals surface area contributed by atoms with Gasteiger partial charge in [0.15, 0.2) is 0 Å². The first kappa shape index (κ1) is 30.7. The molecule has 1 saturated carbocycles. The van der Waals surface area contributed by atoms with Crippen LogP contribution >= 0.6 is 24.8 Å². The van der Waals surface area contributed by atoms with Crippen molar-refractivity contribution >= 4 is 24.8 Å². The summed E-state index contributed by atoms with van der Waals surface area (Å²) >= 11 is 0. The van der Waals surface area contributed by atoms with E-state index in [1.54, 1.807) is 6.07 Å². The van der Waals surface area contributed by atoms with Crippen LogP contribution in [0.3, 0.4) is 0 Å². The second-order valence-electron chi connectivity index (χ2n) is 9.76. The Morgan fingerprint density at radius 1 is 0.889 bits per heavy atom. The highest BCUT2D eigenvalue weighted by Crippen LogP contribution is 2.41. The van der Waals surface area contributed by atoms with E-state index in [4.69, 9.17) is 0 Å². The summed E-state index contributed by atoms with van der Waals surface area (Å²) in [6, 6.07) is 17.0. The molecule has 0 bridgehead atoms. The molecule has 4 rings (SSSR count). The Morgan fingerprint density at radius 3 is 2.11 bits per heavy atom. The molecule has 0 radical (unpaired) electrons. The molecule has 36 heavy (non-hydrogen) atoms. The molecule has 9 heteroatoms. The van der Waals surface area contributed by atoms with E-state index in [0.29, 0.717) is 31.0 Å². The minimum atomic E-state index is -4.73. The van der Waals surface area contributed by atoms with Gasteiger partial charge in [-0.15, -0.1) is 38.0 Å². The van der Waals surface area contributed by atoms with E-state index in [9.17, 15) is 18.3 Å². The second-order valence-corrected chi connectivity index (χ2v) is 9.76. The zero-order valence-corrected chi connectivity index (χ0v) is 22.3. The van der Waals surface area contributed by atoms with Crippen LogP contribution in [0.15, 0.2) is 54.6 Å². The van der Waals surface area contributed by atoms with Crippen LogP contribution in [-0.4, -0.2) is 59.6 Å². The van der Waals surface area contributed by atoms with Gasteiger partial charge in [0.1, 0.15) is 5.75 Å². The molecular weight excluding hydrogens is 512 g/mol. The fourth-order valence-corrected chi connectivity index (χ4v) is 5.56. The summed E-state index contributed by atoms with van der Waals surface area (Å²) in [6.07, 6.45) is -0.424. The van der Waals surface area contributed by atoms with Crippen molar-refractivity contribution in [3.8, 4) is 5.75 Å². The largest absolute Gasteiger partial charge is 0.573 e. The Bertz CT molecular complexity index is 919. The van der Waals surface area contributed by atoms with Crippen LogP contribution in [0.5, 0.6) is 5.75 Å². The van der Waals surface area contributed by atoms with Crippen molar-refractivity contribution in [1.29, 1.82) is 0 Å². The SMILES string of the molecule is C[C@@H](c1ccccc1)N1CCN(C[C@H](c2cccc(OC(F)(F)F)c2)C2(O)CCCCC2)CC1.Cl.Cl. The number of benzene rings is 2. The molecule has 0 unspecified atom stereocenters. The third-order valence-corrected chi connectivity index (χ3v) is 7.54. The van der Waals surface area contributed by atoms with E-state index in [0.717, 1.165) is 45.4 Å².